The van der Waals surface area contributed by atoms with Crippen molar-refractivity contribution in [2.24, 2.45) is 5.92 Å². The molecule has 2 aliphatic heterocycles. The Morgan fingerprint density at radius 1 is 1.36 bits per heavy atom. The first-order valence-electron chi connectivity index (χ1n) is 5.19. The molecule has 4 heteroatoms. The number of hydrogen-bond donors (Lipinski definition) is 1. The number of carbonyl (C=O) groups excluding carboxylic acids is 1. The molecule has 2 fully saturated rings. The van der Waals surface area contributed by atoms with Crippen LogP contribution in [0.2, 0.25) is 0 Å². The molecule has 0 aromatic carbocycles. The summed E-state index contributed by atoms with van der Waals surface area (Å²) in [4.78, 5) is 24.6. The summed E-state index contributed by atoms with van der Waals surface area (Å²) >= 11 is 0. The molecule has 2 atom stereocenters. The third kappa shape index (κ3) is 1.54. The van der Waals surface area contributed by atoms with Gasteiger partial charge in [0, 0.05) is 19.0 Å². The van der Waals surface area contributed by atoms with Crippen molar-refractivity contribution in [1.82, 2.24) is 4.90 Å². The predicted molar refractivity (Wildman–Crippen MR) is 50.0 cm³/mol. The largest absolute Gasteiger partial charge is 0.481 e. The lowest BCUT2D eigenvalue weighted by Gasteiger charge is -2.41. The molecule has 4 nitrogen and oxygen atoms in total. The molecule has 0 aliphatic carbocycles. The summed E-state index contributed by atoms with van der Waals surface area (Å²) in [5, 5.41) is 9.00. The molecule has 0 aromatic rings. The maximum atomic E-state index is 11.5. The number of carboxylic acid groups (broad SMARTS) is 1. The van der Waals surface area contributed by atoms with Gasteiger partial charge in [0.2, 0.25) is 0 Å². The van der Waals surface area contributed by atoms with E-state index in [1.807, 2.05) is 0 Å². The van der Waals surface area contributed by atoms with Gasteiger partial charge in [0.25, 0.3) is 0 Å². The van der Waals surface area contributed by atoms with Crippen LogP contribution in [-0.4, -0.2) is 40.9 Å². The lowest BCUT2D eigenvalue weighted by Crippen LogP contribution is -2.54. The number of hydrogen-bond acceptors (Lipinski definition) is 3. The van der Waals surface area contributed by atoms with Crippen LogP contribution < -0.4 is 0 Å². The number of Topliss-reactive ketones (excluding diaryl/α,β-unsaturated/α-hetero) is 1. The molecule has 0 spiro atoms. The van der Waals surface area contributed by atoms with Crippen LogP contribution in [-0.2, 0) is 9.59 Å². The van der Waals surface area contributed by atoms with E-state index in [9.17, 15) is 9.59 Å². The van der Waals surface area contributed by atoms with Crippen LogP contribution >= 0.6 is 0 Å². The van der Waals surface area contributed by atoms with E-state index in [4.69, 9.17) is 5.11 Å². The number of aliphatic carboxylic acids is 1. The Morgan fingerprint density at radius 2 is 2.14 bits per heavy atom. The maximum absolute atomic E-state index is 11.5. The molecule has 2 rings (SSSR count). The summed E-state index contributed by atoms with van der Waals surface area (Å²) in [5.41, 5.74) is 0. The minimum absolute atomic E-state index is 0.0255. The first-order chi connectivity index (χ1) is 6.70. The van der Waals surface area contributed by atoms with Crippen molar-refractivity contribution in [3.8, 4) is 0 Å². The molecule has 2 unspecified atom stereocenters. The second-order valence-electron chi connectivity index (χ2n) is 4.13. The van der Waals surface area contributed by atoms with Gasteiger partial charge in [-0.3, -0.25) is 14.5 Å². The van der Waals surface area contributed by atoms with Crippen LogP contribution in [0.4, 0.5) is 0 Å². The number of fused-ring (bicyclic) bond motifs is 1. The zero-order valence-electron chi connectivity index (χ0n) is 8.11. The Bertz CT molecular complexity index is 264. The van der Waals surface area contributed by atoms with Gasteiger partial charge in [0.15, 0.2) is 0 Å². The van der Waals surface area contributed by atoms with Crippen LogP contribution in [0.5, 0.6) is 0 Å². The Morgan fingerprint density at radius 3 is 2.86 bits per heavy atom. The topological polar surface area (TPSA) is 57.6 Å². The molecule has 0 bridgehead atoms. The molecule has 0 radical (unpaired) electrons. The van der Waals surface area contributed by atoms with Gasteiger partial charge in [-0.25, -0.2) is 0 Å². The third-order valence-corrected chi connectivity index (χ3v) is 3.31. The van der Waals surface area contributed by atoms with Gasteiger partial charge in [-0.15, -0.1) is 0 Å². The summed E-state index contributed by atoms with van der Waals surface area (Å²) in [6, 6.07) is -0.0255. The van der Waals surface area contributed by atoms with Gasteiger partial charge >= 0.3 is 5.97 Å². The van der Waals surface area contributed by atoms with Gasteiger partial charge in [-0.05, 0) is 19.4 Å². The smallest absolute Gasteiger partial charge is 0.315 e. The number of carbonyl (C=O) groups is 2. The average Bonchev–Trinajstić information content (AvgIpc) is 2.17. The second-order valence-corrected chi connectivity index (χ2v) is 4.13. The Hall–Kier alpha value is -0.900. The number of rotatable bonds is 1. The normalized spacial score (nSPS) is 33.9. The van der Waals surface area contributed by atoms with Crippen LogP contribution in [0.1, 0.15) is 25.7 Å². The van der Waals surface area contributed by atoms with E-state index in [0.717, 1.165) is 32.4 Å². The van der Waals surface area contributed by atoms with Crippen molar-refractivity contribution in [3.05, 3.63) is 0 Å². The maximum Gasteiger partial charge on any atom is 0.315 e. The monoisotopic (exact) mass is 197 g/mol. The summed E-state index contributed by atoms with van der Waals surface area (Å²) in [6.07, 6.45) is 3.46. The Labute approximate surface area is 82.9 Å². The van der Waals surface area contributed by atoms with E-state index in [1.54, 1.807) is 0 Å². The van der Waals surface area contributed by atoms with Crippen molar-refractivity contribution in [2.75, 3.05) is 13.1 Å². The zero-order chi connectivity index (χ0) is 10.1. The van der Waals surface area contributed by atoms with Crippen LogP contribution in [0.3, 0.4) is 0 Å². The minimum Gasteiger partial charge on any atom is -0.481 e. The fourth-order valence-corrected chi connectivity index (χ4v) is 2.60. The van der Waals surface area contributed by atoms with Gasteiger partial charge < -0.3 is 5.11 Å². The lowest BCUT2D eigenvalue weighted by atomic mass is 9.83. The van der Waals surface area contributed by atoms with E-state index in [2.05, 4.69) is 4.90 Å². The van der Waals surface area contributed by atoms with Crippen molar-refractivity contribution in [2.45, 2.75) is 31.7 Å². The molecular formula is C10H15NO3. The van der Waals surface area contributed by atoms with E-state index in [-0.39, 0.29) is 11.8 Å². The van der Waals surface area contributed by atoms with Crippen molar-refractivity contribution in [1.29, 1.82) is 0 Å². The van der Waals surface area contributed by atoms with Gasteiger partial charge in [-0.1, -0.05) is 6.42 Å². The van der Waals surface area contributed by atoms with Crippen LogP contribution in [0, 0.1) is 5.92 Å². The summed E-state index contributed by atoms with van der Waals surface area (Å²) in [6.45, 7) is 1.72. The molecular weight excluding hydrogens is 182 g/mol. The van der Waals surface area contributed by atoms with Crippen molar-refractivity contribution in [3.63, 3.8) is 0 Å². The number of piperidine rings is 2. The summed E-state index contributed by atoms with van der Waals surface area (Å²) in [7, 11) is 0. The van der Waals surface area contributed by atoms with E-state index in [1.165, 1.54) is 0 Å². The SMILES string of the molecule is O=C(O)C1C(=O)CCN2CCCCC12. The van der Waals surface area contributed by atoms with Gasteiger partial charge in [0.05, 0.1) is 0 Å². The van der Waals surface area contributed by atoms with E-state index < -0.39 is 11.9 Å². The van der Waals surface area contributed by atoms with E-state index in [0.29, 0.717) is 6.42 Å². The molecule has 1 N–H and O–H groups in total. The third-order valence-electron chi connectivity index (χ3n) is 3.31. The number of carboxylic acids is 1. The second kappa shape index (κ2) is 3.69. The number of ketones is 1. The lowest BCUT2D eigenvalue weighted by molar-refractivity contribution is -0.152. The molecule has 14 heavy (non-hydrogen) atoms. The Balaban J connectivity index is 2.17. The highest BCUT2D eigenvalue weighted by atomic mass is 16.4. The summed E-state index contributed by atoms with van der Waals surface area (Å²) < 4.78 is 0. The average molecular weight is 197 g/mol. The van der Waals surface area contributed by atoms with Crippen molar-refractivity contribution >= 4 is 11.8 Å². The Kier molecular flexibility index (Phi) is 2.54. The number of nitrogens with zero attached hydrogens (tertiary/aromatic N) is 1. The van der Waals surface area contributed by atoms with E-state index >= 15 is 0 Å². The fraction of sp³-hybridized carbons (Fsp3) is 0.800. The van der Waals surface area contributed by atoms with Crippen LogP contribution in [0.15, 0.2) is 0 Å². The quantitative estimate of drug-likeness (QED) is 0.622. The highest BCUT2D eigenvalue weighted by Crippen LogP contribution is 2.28. The molecule has 2 heterocycles. The zero-order valence-corrected chi connectivity index (χ0v) is 8.11. The standard InChI is InChI=1S/C10H15NO3/c12-8-4-6-11-5-2-1-3-7(11)9(8)10(13)14/h7,9H,1-6H2,(H,13,14). The summed E-state index contributed by atoms with van der Waals surface area (Å²) in [5.74, 6) is -1.78. The first-order valence-corrected chi connectivity index (χ1v) is 5.19. The molecule has 78 valence electrons. The highest BCUT2D eigenvalue weighted by Gasteiger charge is 2.42. The molecule has 2 aliphatic rings. The minimum atomic E-state index is -0.938. The molecule has 2 saturated heterocycles. The first kappa shape index (κ1) is 9.65. The highest BCUT2D eigenvalue weighted by molar-refractivity contribution is 5.99. The molecule has 0 saturated carbocycles. The van der Waals surface area contributed by atoms with Crippen LogP contribution in [0.25, 0.3) is 0 Å². The molecule has 0 amide bonds. The van der Waals surface area contributed by atoms with Gasteiger partial charge in [0.1, 0.15) is 11.7 Å². The fourth-order valence-electron chi connectivity index (χ4n) is 2.60. The van der Waals surface area contributed by atoms with Crippen molar-refractivity contribution < 1.29 is 14.7 Å². The predicted octanol–water partition coefficient (Wildman–Crippen LogP) is 0.514. The van der Waals surface area contributed by atoms with Gasteiger partial charge in [-0.2, -0.15) is 0 Å². The molecule has 0 aromatic heterocycles.